The van der Waals surface area contributed by atoms with Crippen molar-refractivity contribution < 1.29 is 22.7 Å². The molecular formula is C20H21N3O5S. The number of aliphatic imine (C=N–C) groups is 1. The fraction of sp³-hybridized carbons (Fsp3) is 0.250. The average Bonchev–Trinajstić information content (AvgIpc) is 2.94. The summed E-state index contributed by atoms with van der Waals surface area (Å²) >= 11 is 0. The molecule has 3 rings (SSSR count). The van der Waals surface area contributed by atoms with Crippen LogP contribution < -0.4 is 10.0 Å². The highest BCUT2D eigenvalue weighted by atomic mass is 32.2. The lowest BCUT2D eigenvalue weighted by molar-refractivity contribution is -0.152. The van der Waals surface area contributed by atoms with E-state index in [4.69, 9.17) is 4.74 Å². The zero-order valence-electron chi connectivity index (χ0n) is 16.0. The summed E-state index contributed by atoms with van der Waals surface area (Å²) < 4.78 is 31.5. The van der Waals surface area contributed by atoms with Crippen molar-refractivity contribution in [2.24, 2.45) is 4.99 Å². The van der Waals surface area contributed by atoms with Crippen LogP contribution in [0.15, 0.2) is 58.4 Å². The lowest BCUT2D eigenvalue weighted by Gasteiger charge is -2.13. The number of sulfonamides is 1. The number of aryl methyl sites for hydroxylation is 1. The Morgan fingerprint density at radius 1 is 1.14 bits per heavy atom. The van der Waals surface area contributed by atoms with Crippen molar-refractivity contribution in [2.75, 3.05) is 11.9 Å². The zero-order chi connectivity index (χ0) is 21.0. The van der Waals surface area contributed by atoms with E-state index < -0.39 is 28.0 Å². The molecule has 0 aliphatic carbocycles. The summed E-state index contributed by atoms with van der Waals surface area (Å²) in [5, 5.41) is 2.67. The first-order chi connectivity index (χ1) is 13.8. The molecule has 0 saturated carbocycles. The molecule has 2 N–H and O–H groups in total. The van der Waals surface area contributed by atoms with Crippen LogP contribution >= 0.6 is 0 Å². The van der Waals surface area contributed by atoms with E-state index in [9.17, 15) is 18.0 Å². The molecule has 152 valence electrons. The molecule has 0 unspecified atom stereocenters. The number of hydrogen-bond acceptors (Lipinski definition) is 6. The van der Waals surface area contributed by atoms with Gasteiger partial charge in [-0.2, -0.15) is 0 Å². The molecule has 1 aliphatic rings. The maximum Gasteiger partial charge on any atom is 0.308 e. The van der Waals surface area contributed by atoms with Gasteiger partial charge in [-0.05, 0) is 38.1 Å². The van der Waals surface area contributed by atoms with Gasteiger partial charge in [-0.15, -0.1) is 0 Å². The SMILES string of the molecule is Cc1ccc(NC(=O)[C@H](C)OC(=O)CCN=C2NS(=O)(=O)c3ccccc32)cc1. The predicted molar refractivity (Wildman–Crippen MR) is 108 cm³/mol. The van der Waals surface area contributed by atoms with Crippen molar-refractivity contribution >= 4 is 33.4 Å². The van der Waals surface area contributed by atoms with Gasteiger partial charge in [0.25, 0.3) is 15.9 Å². The summed E-state index contributed by atoms with van der Waals surface area (Å²) in [4.78, 5) is 28.4. The fourth-order valence-corrected chi connectivity index (χ4v) is 3.95. The number of rotatable bonds is 6. The van der Waals surface area contributed by atoms with Gasteiger partial charge in [-0.3, -0.25) is 19.3 Å². The van der Waals surface area contributed by atoms with E-state index >= 15 is 0 Å². The monoisotopic (exact) mass is 415 g/mol. The summed E-state index contributed by atoms with van der Waals surface area (Å²) in [6.45, 7) is 3.44. The number of carbonyl (C=O) groups is 2. The summed E-state index contributed by atoms with van der Waals surface area (Å²) in [6.07, 6.45) is -1.06. The number of benzene rings is 2. The van der Waals surface area contributed by atoms with Crippen LogP contribution in [0.1, 0.15) is 24.5 Å². The fourth-order valence-electron chi connectivity index (χ4n) is 2.70. The third-order valence-electron chi connectivity index (χ3n) is 4.25. The Balaban J connectivity index is 1.52. The minimum absolute atomic E-state index is 0.0251. The van der Waals surface area contributed by atoms with E-state index in [1.54, 1.807) is 30.3 Å². The molecule has 0 saturated heterocycles. The second-order valence-corrected chi connectivity index (χ2v) is 8.22. The summed E-state index contributed by atoms with van der Waals surface area (Å²) in [5.74, 6) is -0.848. The minimum Gasteiger partial charge on any atom is -0.452 e. The summed E-state index contributed by atoms with van der Waals surface area (Å²) in [6, 6.07) is 13.7. The van der Waals surface area contributed by atoms with Crippen molar-refractivity contribution in [2.45, 2.75) is 31.3 Å². The predicted octanol–water partition coefficient (Wildman–Crippen LogP) is 1.99. The maximum absolute atomic E-state index is 12.1. The Morgan fingerprint density at radius 2 is 1.83 bits per heavy atom. The van der Waals surface area contributed by atoms with Crippen LogP contribution in [0.3, 0.4) is 0 Å². The highest BCUT2D eigenvalue weighted by Gasteiger charge is 2.30. The molecule has 1 amide bonds. The van der Waals surface area contributed by atoms with E-state index in [2.05, 4.69) is 15.0 Å². The Bertz CT molecular complexity index is 1060. The summed E-state index contributed by atoms with van der Waals surface area (Å²) in [7, 11) is -3.62. The van der Waals surface area contributed by atoms with Crippen molar-refractivity contribution in [3.63, 3.8) is 0 Å². The van der Waals surface area contributed by atoms with Gasteiger partial charge in [-0.1, -0.05) is 29.8 Å². The van der Waals surface area contributed by atoms with Crippen LogP contribution in [0, 0.1) is 6.92 Å². The number of ether oxygens (including phenoxy) is 1. The van der Waals surface area contributed by atoms with Crippen LogP contribution in [-0.2, 0) is 24.3 Å². The molecule has 1 atom stereocenters. The van der Waals surface area contributed by atoms with E-state index in [1.807, 2.05) is 19.1 Å². The number of amides is 1. The molecule has 2 aromatic carbocycles. The van der Waals surface area contributed by atoms with Gasteiger partial charge in [0.1, 0.15) is 5.84 Å². The van der Waals surface area contributed by atoms with Gasteiger partial charge >= 0.3 is 5.97 Å². The number of fused-ring (bicyclic) bond motifs is 1. The van der Waals surface area contributed by atoms with Gasteiger partial charge in [0, 0.05) is 11.3 Å². The number of amidine groups is 1. The molecule has 1 heterocycles. The Hall–Kier alpha value is -3.20. The summed E-state index contributed by atoms with van der Waals surface area (Å²) in [5.41, 5.74) is 2.14. The van der Waals surface area contributed by atoms with Gasteiger partial charge in [-0.25, -0.2) is 8.42 Å². The quantitative estimate of drug-likeness (QED) is 0.701. The first-order valence-electron chi connectivity index (χ1n) is 9.00. The van der Waals surface area contributed by atoms with E-state index in [-0.39, 0.29) is 23.7 Å². The van der Waals surface area contributed by atoms with Crippen molar-refractivity contribution in [1.82, 2.24) is 4.72 Å². The molecule has 8 nitrogen and oxygen atoms in total. The number of hydrogen-bond donors (Lipinski definition) is 2. The van der Waals surface area contributed by atoms with Crippen LogP contribution in [-0.4, -0.2) is 38.8 Å². The second-order valence-electron chi connectivity index (χ2n) is 6.57. The largest absolute Gasteiger partial charge is 0.452 e. The highest BCUT2D eigenvalue weighted by molar-refractivity contribution is 7.90. The Morgan fingerprint density at radius 3 is 2.55 bits per heavy atom. The topological polar surface area (TPSA) is 114 Å². The molecule has 0 bridgehead atoms. The highest BCUT2D eigenvalue weighted by Crippen LogP contribution is 2.22. The van der Waals surface area contributed by atoms with Crippen LogP contribution in [0.4, 0.5) is 5.69 Å². The lowest BCUT2D eigenvalue weighted by atomic mass is 10.2. The number of carbonyl (C=O) groups excluding carboxylic acids is 2. The molecular weight excluding hydrogens is 394 g/mol. The molecule has 9 heteroatoms. The average molecular weight is 415 g/mol. The zero-order valence-corrected chi connectivity index (χ0v) is 16.8. The number of anilines is 1. The first kappa shape index (κ1) is 20.5. The smallest absolute Gasteiger partial charge is 0.308 e. The minimum atomic E-state index is -3.62. The molecule has 0 aromatic heterocycles. The maximum atomic E-state index is 12.1. The Labute approximate surface area is 169 Å². The number of esters is 1. The van der Waals surface area contributed by atoms with Gasteiger partial charge in [0.2, 0.25) is 0 Å². The molecule has 0 fully saturated rings. The molecule has 1 aliphatic heterocycles. The molecule has 0 spiro atoms. The molecule has 2 aromatic rings. The molecule has 29 heavy (non-hydrogen) atoms. The van der Waals surface area contributed by atoms with E-state index in [0.717, 1.165) is 5.56 Å². The first-order valence-corrected chi connectivity index (χ1v) is 10.5. The number of nitrogens with zero attached hydrogens (tertiary/aromatic N) is 1. The van der Waals surface area contributed by atoms with Crippen LogP contribution in [0.25, 0.3) is 0 Å². The van der Waals surface area contributed by atoms with Crippen molar-refractivity contribution in [3.05, 3.63) is 59.7 Å². The van der Waals surface area contributed by atoms with E-state index in [0.29, 0.717) is 11.3 Å². The second kappa shape index (κ2) is 8.44. The lowest BCUT2D eigenvalue weighted by Crippen LogP contribution is -2.30. The van der Waals surface area contributed by atoms with Crippen LogP contribution in [0.2, 0.25) is 0 Å². The van der Waals surface area contributed by atoms with Crippen LogP contribution in [0.5, 0.6) is 0 Å². The van der Waals surface area contributed by atoms with Crippen molar-refractivity contribution in [3.8, 4) is 0 Å². The van der Waals surface area contributed by atoms with E-state index in [1.165, 1.54) is 13.0 Å². The molecule has 0 radical (unpaired) electrons. The van der Waals surface area contributed by atoms with Crippen molar-refractivity contribution in [1.29, 1.82) is 0 Å². The van der Waals surface area contributed by atoms with Gasteiger partial charge in [0.15, 0.2) is 6.10 Å². The third kappa shape index (κ3) is 5.00. The Kier molecular flexibility index (Phi) is 5.97. The van der Waals surface area contributed by atoms with Gasteiger partial charge in [0.05, 0.1) is 17.9 Å². The number of nitrogens with one attached hydrogen (secondary N) is 2. The third-order valence-corrected chi connectivity index (χ3v) is 5.64. The standard InChI is InChI=1S/C20H21N3O5S/c1-13-7-9-15(10-8-13)22-20(25)14(2)28-18(24)11-12-21-19-16-5-3-4-6-17(16)29(26,27)23-19/h3-10,14H,11-12H2,1-2H3,(H,21,23)(H,22,25)/t14-/m0/s1. The normalized spacial score (nSPS) is 16.6. The van der Waals surface area contributed by atoms with Gasteiger partial charge < -0.3 is 10.1 Å².